The van der Waals surface area contributed by atoms with Crippen LogP contribution in [0.4, 0.5) is 0 Å². The van der Waals surface area contributed by atoms with E-state index in [0.717, 1.165) is 36.2 Å². The standard InChI is InChI=1S/C22H23N3O/c1-26-13-5-12-25-15-17(14-23)21-20(10-11-24-22(21)25)19-9-4-7-16-6-2-3-8-18(16)19/h2-4,6-11,15H,5,12-14,23H2,1H3. The van der Waals surface area contributed by atoms with Crippen molar-refractivity contribution in [3.63, 3.8) is 0 Å². The maximum Gasteiger partial charge on any atom is 0.140 e. The van der Waals surface area contributed by atoms with E-state index in [1.807, 2.05) is 6.20 Å². The third kappa shape index (κ3) is 2.87. The lowest BCUT2D eigenvalue weighted by Gasteiger charge is -2.10. The molecular formula is C22H23N3O. The van der Waals surface area contributed by atoms with Crippen molar-refractivity contribution in [3.8, 4) is 11.1 Å². The zero-order valence-electron chi connectivity index (χ0n) is 15.0. The number of hydrogen-bond acceptors (Lipinski definition) is 3. The summed E-state index contributed by atoms with van der Waals surface area (Å²) in [6.45, 7) is 2.11. The summed E-state index contributed by atoms with van der Waals surface area (Å²) in [4.78, 5) is 4.66. The number of methoxy groups -OCH3 is 1. The highest BCUT2D eigenvalue weighted by Gasteiger charge is 2.15. The van der Waals surface area contributed by atoms with E-state index >= 15 is 0 Å². The Kier molecular flexibility index (Phi) is 4.69. The lowest BCUT2D eigenvalue weighted by molar-refractivity contribution is 0.190. The van der Waals surface area contributed by atoms with Crippen molar-refractivity contribution in [2.24, 2.45) is 5.73 Å². The Hall–Kier alpha value is -2.69. The quantitative estimate of drug-likeness (QED) is 0.529. The van der Waals surface area contributed by atoms with E-state index in [1.165, 1.54) is 21.9 Å². The molecule has 0 amide bonds. The fraction of sp³-hybridized carbons (Fsp3) is 0.227. The highest BCUT2D eigenvalue weighted by molar-refractivity contribution is 6.05. The molecule has 0 aliphatic rings. The second-order valence-electron chi connectivity index (χ2n) is 6.48. The third-order valence-corrected chi connectivity index (χ3v) is 4.88. The van der Waals surface area contributed by atoms with Gasteiger partial charge in [0.25, 0.3) is 0 Å². The molecule has 0 aliphatic heterocycles. The molecule has 4 rings (SSSR count). The Bertz CT molecular complexity index is 1050. The number of ether oxygens (including phenoxy) is 1. The van der Waals surface area contributed by atoms with Crippen molar-refractivity contribution in [2.45, 2.75) is 19.5 Å². The Morgan fingerprint density at radius 1 is 1.04 bits per heavy atom. The van der Waals surface area contributed by atoms with E-state index in [0.29, 0.717) is 6.54 Å². The highest BCUT2D eigenvalue weighted by atomic mass is 16.5. The van der Waals surface area contributed by atoms with E-state index in [-0.39, 0.29) is 0 Å². The molecule has 4 nitrogen and oxygen atoms in total. The first kappa shape index (κ1) is 16.8. The van der Waals surface area contributed by atoms with Gasteiger partial charge < -0.3 is 15.0 Å². The number of aryl methyl sites for hydroxylation is 1. The van der Waals surface area contributed by atoms with Crippen LogP contribution in [0.2, 0.25) is 0 Å². The Labute approximate surface area is 153 Å². The van der Waals surface area contributed by atoms with Gasteiger partial charge >= 0.3 is 0 Å². The van der Waals surface area contributed by atoms with Gasteiger partial charge in [-0.15, -0.1) is 0 Å². The molecule has 2 heterocycles. The van der Waals surface area contributed by atoms with Crippen molar-refractivity contribution in [3.05, 3.63) is 66.5 Å². The van der Waals surface area contributed by atoms with Crippen molar-refractivity contribution >= 4 is 21.8 Å². The summed E-state index contributed by atoms with van der Waals surface area (Å²) in [6, 6.07) is 17.0. The number of benzene rings is 2. The number of aromatic nitrogens is 2. The molecule has 2 aromatic heterocycles. The van der Waals surface area contributed by atoms with Crippen LogP contribution in [0, 0.1) is 0 Å². The van der Waals surface area contributed by atoms with Gasteiger partial charge in [0.1, 0.15) is 5.65 Å². The van der Waals surface area contributed by atoms with Crippen molar-refractivity contribution < 1.29 is 4.74 Å². The van der Waals surface area contributed by atoms with Crippen LogP contribution in [0.15, 0.2) is 60.9 Å². The van der Waals surface area contributed by atoms with Crippen LogP contribution in [0.1, 0.15) is 12.0 Å². The van der Waals surface area contributed by atoms with Crippen LogP contribution in [-0.4, -0.2) is 23.3 Å². The van der Waals surface area contributed by atoms with Crippen LogP contribution >= 0.6 is 0 Å². The molecule has 0 unspecified atom stereocenters. The topological polar surface area (TPSA) is 53.1 Å². The monoisotopic (exact) mass is 345 g/mol. The fourth-order valence-electron chi connectivity index (χ4n) is 3.69. The molecule has 26 heavy (non-hydrogen) atoms. The summed E-state index contributed by atoms with van der Waals surface area (Å²) in [5.74, 6) is 0. The molecule has 0 spiro atoms. The summed E-state index contributed by atoms with van der Waals surface area (Å²) < 4.78 is 7.39. The summed E-state index contributed by atoms with van der Waals surface area (Å²) in [7, 11) is 1.73. The molecule has 132 valence electrons. The predicted molar refractivity (Wildman–Crippen MR) is 107 cm³/mol. The Balaban J connectivity index is 1.93. The van der Waals surface area contributed by atoms with Gasteiger partial charge in [0.2, 0.25) is 0 Å². The summed E-state index contributed by atoms with van der Waals surface area (Å²) in [5.41, 5.74) is 10.6. The first-order valence-corrected chi connectivity index (χ1v) is 8.97. The minimum absolute atomic E-state index is 0.497. The van der Waals surface area contributed by atoms with Gasteiger partial charge in [0, 0.05) is 44.6 Å². The molecule has 0 saturated carbocycles. The van der Waals surface area contributed by atoms with Gasteiger partial charge in [-0.25, -0.2) is 4.98 Å². The molecule has 0 radical (unpaired) electrons. The van der Waals surface area contributed by atoms with Gasteiger partial charge in [0.15, 0.2) is 0 Å². The second kappa shape index (κ2) is 7.28. The van der Waals surface area contributed by atoms with Crippen molar-refractivity contribution in [1.29, 1.82) is 0 Å². The molecular weight excluding hydrogens is 322 g/mol. The lowest BCUT2D eigenvalue weighted by atomic mass is 9.96. The van der Waals surface area contributed by atoms with E-state index < -0.39 is 0 Å². The first-order valence-electron chi connectivity index (χ1n) is 8.97. The van der Waals surface area contributed by atoms with Gasteiger partial charge in [-0.1, -0.05) is 42.5 Å². The lowest BCUT2D eigenvalue weighted by Crippen LogP contribution is -2.01. The average molecular weight is 345 g/mol. The fourth-order valence-corrected chi connectivity index (χ4v) is 3.69. The first-order chi connectivity index (χ1) is 12.8. The van der Waals surface area contributed by atoms with Gasteiger partial charge in [-0.3, -0.25) is 0 Å². The SMILES string of the molecule is COCCCn1cc(CN)c2c(-c3cccc4ccccc34)ccnc21. The molecule has 0 aliphatic carbocycles. The molecule has 0 bridgehead atoms. The average Bonchev–Trinajstić information content (AvgIpc) is 3.06. The van der Waals surface area contributed by atoms with Crippen LogP contribution in [0.3, 0.4) is 0 Å². The molecule has 4 heteroatoms. The zero-order chi connectivity index (χ0) is 17.9. The maximum absolute atomic E-state index is 6.08. The second-order valence-corrected chi connectivity index (χ2v) is 6.48. The number of fused-ring (bicyclic) bond motifs is 2. The Morgan fingerprint density at radius 3 is 2.73 bits per heavy atom. The van der Waals surface area contributed by atoms with E-state index in [2.05, 4.69) is 64.3 Å². The van der Waals surface area contributed by atoms with Crippen LogP contribution in [0.25, 0.3) is 32.9 Å². The third-order valence-electron chi connectivity index (χ3n) is 4.88. The van der Waals surface area contributed by atoms with Gasteiger partial charge in [-0.05, 0) is 39.9 Å². The van der Waals surface area contributed by atoms with Crippen LogP contribution in [-0.2, 0) is 17.8 Å². The molecule has 0 fully saturated rings. The number of pyridine rings is 1. The van der Waals surface area contributed by atoms with E-state index in [1.54, 1.807) is 7.11 Å². The van der Waals surface area contributed by atoms with Crippen molar-refractivity contribution in [2.75, 3.05) is 13.7 Å². The summed E-state index contributed by atoms with van der Waals surface area (Å²) in [6.07, 6.45) is 4.99. The minimum atomic E-state index is 0.497. The van der Waals surface area contributed by atoms with E-state index in [9.17, 15) is 0 Å². The molecule has 0 saturated heterocycles. The van der Waals surface area contributed by atoms with Gasteiger partial charge in [-0.2, -0.15) is 0 Å². The molecule has 4 aromatic rings. The molecule has 2 N–H and O–H groups in total. The van der Waals surface area contributed by atoms with E-state index in [4.69, 9.17) is 10.5 Å². The van der Waals surface area contributed by atoms with Crippen LogP contribution in [0.5, 0.6) is 0 Å². The number of nitrogens with two attached hydrogens (primary N) is 1. The van der Waals surface area contributed by atoms with Gasteiger partial charge in [0.05, 0.1) is 0 Å². The number of hydrogen-bond donors (Lipinski definition) is 1. The molecule has 2 aromatic carbocycles. The number of rotatable bonds is 6. The van der Waals surface area contributed by atoms with Crippen molar-refractivity contribution in [1.82, 2.24) is 9.55 Å². The number of nitrogens with zero attached hydrogens (tertiary/aromatic N) is 2. The smallest absolute Gasteiger partial charge is 0.140 e. The highest BCUT2D eigenvalue weighted by Crippen LogP contribution is 2.35. The predicted octanol–water partition coefficient (Wildman–Crippen LogP) is 4.35. The minimum Gasteiger partial charge on any atom is -0.385 e. The largest absolute Gasteiger partial charge is 0.385 e. The zero-order valence-corrected chi connectivity index (χ0v) is 15.0. The van der Waals surface area contributed by atoms with Crippen LogP contribution < -0.4 is 5.73 Å². The molecule has 0 atom stereocenters. The normalized spacial score (nSPS) is 11.5. The summed E-state index contributed by atoms with van der Waals surface area (Å²) in [5, 5.41) is 3.64. The maximum atomic E-state index is 6.08. The summed E-state index contributed by atoms with van der Waals surface area (Å²) >= 11 is 0. The Morgan fingerprint density at radius 2 is 1.88 bits per heavy atom.